The van der Waals surface area contributed by atoms with E-state index in [0.717, 1.165) is 31.2 Å². The number of aryl methyl sites for hydroxylation is 2. The number of ether oxygens (including phenoxy) is 1. The standard InChI is InChI=1S/C21H23NO5S/c23-20(17-7-2-1-3-8-17)15-27-21(24)12-13-22-28(25,26)19-11-10-16-6-4-5-9-18(16)14-19/h1-3,7-8,10-11,14,22H,4-6,9,12-13,15H2. The maximum absolute atomic E-state index is 12.4. The van der Waals surface area contributed by atoms with E-state index in [4.69, 9.17) is 4.74 Å². The summed E-state index contributed by atoms with van der Waals surface area (Å²) in [5.74, 6) is -0.930. The Balaban J connectivity index is 1.47. The number of carbonyl (C=O) groups excluding carboxylic acids is 2. The number of benzene rings is 2. The van der Waals surface area contributed by atoms with E-state index in [2.05, 4.69) is 4.72 Å². The van der Waals surface area contributed by atoms with E-state index < -0.39 is 16.0 Å². The van der Waals surface area contributed by atoms with Crippen LogP contribution in [0.5, 0.6) is 0 Å². The molecule has 0 radical (unpaired) electrons. The Morgan fingerprint density at radius 1 is 0.964 bits per heavy atom. The summed E-state index contributed by atoms with van der Waals surface area (Å²) in [7, 11) is -3.69. The lowest BCUT2D eigenvalue weighted by molar-refractivity contribution is -0.142. The Labute approximate surface area is 165 Å². The number of ketones is 1. The number of sulfonamides is 1. The lowest BCUT2D eigenvalue weighted by atomic mass is 9.92. The molecule has 0 heterocycles. The minimum atomic E-state index is -3.69. The second-order valence-electron chi connectivity index (χ2n) is 6.74. The van der Waals surface area contributed by atoms with Crippen LogP contribution in [0.1, 0.15) is 40.7 Å². The summed E-state index contributed by atoms with van der Waals surface area (Å²) >= 11 is 0. The van der Waals surface area contributed by atoms with Gasteiger partial charge < -0.3 is 4.74 Å². The molecule has 0 atom stereocenters. The number of esters is 1. The van der Waals surface area contributed by atoms with E-state index in [1.807, 2.05) is 6.07 Å². The molecule has 0 fully saturated rings. The highest BCUT2D eigenvalue weighted by Gasteiger charge is 2.18. The first-order chi connectivity index (χ1) is 13.5. The normalized spacial score (nSPS) is 13.6. The van der Waals surface area contributed by atoms with Crippen molar-refractivity contribution in [3.05, 3.63) is 65.2 Å². The molecular weight excluding hydrogens is 378 g/mol. The summed E-state index contributed by atoms with van der Waals surface area (Å²) in [6, 6.07) is 13.7. The van der Waals surface area contributed by atoms with Gasteiger partial charge in [-0.1, -0.05) is 36.4 Å². The van der Waals surface area contributed by atoms with Gasteiger partial charge in [0.05, 0.1) is 11.3 Å². The number of fused-ring (bicyclic) bond motifs is 1. The molecule has 0 bridgehead atoms. The molecule has 1 aliphatic rings. The first kappa shape index (κ1) is 20.2. The van der Waals surface area contributed by atoms with Crippen LogP contribution in [0.3, 0.4) is 0 Å². The Morgan fingerprint density at radius 2 is 1.68 bits per heavy atom. The quantitative estimate of drug-likeness (QED) is 0.543. The van der Waals surface area contributed by atoms with Gasteiger partial charge in [0.2, 0.25) is 10.0 Å². The molecule has 28 heavy (non-hydrogen) atoms. The fourth-order valence-electron chi connectivity index (χ4n) is 3.17. The number of Topliss-reactive ketones (excluding diaryl/α,β-unsaturated/α-hetero) is 1. The maximum atomic E-state index is 12.4. The van der Waals surface area contributed by atoms with Crippen molar-refractivity contribution in [2.45, 2.75) is 37.0 Å². The molecule has 0 aliphatic heterocycles. The van der Waals surface area contributed by atoms with Crippen molar-refractivity contribution in [2.24, 2.45) is 0 Å². The molecule has 0 saturated heterocycles. The molecule has 148 valence electrons. The van der Waals surface area contributed by atoms with Crippen LogP contribution in [-0.2, 0) is 32.4 Å². The maximum Gasteiger partial charge on any atom is 0.307 e. The van der Waals surface area contributed by atoms with Crippen molar-refractivity contribution in [3.63, 3.8) is 0 Å². The van der Waals surface area contributed by atoms with Gasteiger partial charge in [-0.2, -0.15) is 0 Å². The second-order valence-corrected chi connectivity index (χ2v) is 8.50. The van der Waals surface area contributed by atoms with E-state index >= 15 is 0 Å². The van der Waals surface area contributed by atoms with Gasteiger partial charge in [-0.3, -0.25) is 9.59 Å². The van der Waals surface area contributed by atoms with E-state index in [1.165, 1.54) is 5.56 Å². The minimum Gasteiger partial charge on any atom is -0.457 e. The van der Waals surface area contributed by atoms with Crippen molar-refractivity contribution < 1.29 is 22.7 Å². The van der Waals surface area contributed by atoms with Gasteiger partial charge in [0, 0.05) is 12.1 Å². The SMILES string of the molecule is O=C(CCNS(=O)(=O)c1ccc2c(c1)CCCC2)OCC(=O)c1ccccc1. The average Bonchev–Trinajstić information content (AvgIpc) is 2.72. The van der Waals surface area contributed by atoms with Crippen molar-refractivity contribution in [3.8, 4) is 0 Å². The molecule has 3 rings (SSSR count). The van der Waals surface area contributed by atoms with Gasteiger partial charge in [0.1, 0.15) is 0 Å². The largest absolute Gasteiger partial charge is 0.457 e. The molecule has 2 aromatic carbocycles. The molecule has 1 aliphatic carbocycles. The summed E-state index contributed by atoms with van der Waals surface area (Å²) in [4.78, 5) is 23.9. The lowest BCUT2D eigenvalue weighted by Gasteiger charge is -2.16. The van der Waals surface area contributed by atoms with Crippen molar-refractivity contribution in [1.29, 1.82) is 0 Å². The average molecular weight is 401 g/mol. The second kappa shape index (κ2) is 9.12. The van der Waals surface area contributed by atoms with Crippen LogP contribution in [0.25, 0.3) is 0 Å². The Kier molecular flexibility index (Phi) is 6.59. The number of carbonyl (C=O) groups is 2. The van der Waals surface area contributed by atoms with Crippen LogP contribution in [0, 0.1) is 0 Å². The summed E-state index contributed by atoms with van der Waals surface area (Å²) < 4.78 is 32.2. The molecule has 6 nitrogen and oxygen atoms in total. The highest BCUT2D eigenvalue weighted by molar-refractivity contribution is 7.89. The van der Waals surface area contributed by atoms with Gasteiger partial charge in [0.25, 0.3) is 0 Å². The van der Waals surface area contributed by atoms with E-state index in [0.29, 0.717) is 5.56 Å². The molecule has 2 aromatic rings. The third-order valence-electron chi connectivity index (χ3n) is 4.71. The van der Waals surface area contributed by atoms with Gasteiger partial charge in [-0.05, 0) is 48.9 Å². The van der Waals surface area contributed by atoms with E-state index in [9.17, 15) is 18.0 Å². The smallest absolute Gasteiger partial charge is 0.307 e. The van der Waals surface area contributed by atoms with Crippen LogP contribution in [0.2, 0.25) is 0 Å². The Bertz CT molecular complexity index is 954. The van der Waals surface area contributed by atoms with Crippen LogP contribution in [0.15, 0.2) is 53.4 Å². The zero-order valence-corrected chi connectivity index (χ0v) is 16.3. The minimum absolute atomic E-state index is 0.0855. The number of nitrogens with one attached hydrogen (secondary N) is 1. The molecule has 0 aromatic heterocycles. The van der Waals surface area contributed by atoms with Crippen LogP contribution < -0.4 is 4.72 Å². The zero-order chi connectivity index (χ0) is 20.0. The van der Waals surface area contributed by atoms with Crippen molar-refractivity contribution in [2.75, 3.05) is 13.2 Å². The first-order valence-corrected chi connectivity index (χ1v) is 10.8. The first-order valence-electron chi connectivity index (χ1n) is 9.31. The summed E-state index contributed by atoms with van der Waals surface area (Å²) in [5.41, 5.74) is 2.74. The third kappa shape index (κ3) is 5.27. The predicted octanol–water partition coefficient (Wildman–Crippen LogP) is 2.66. The highest BCUT2D eigenvalue weighted by atomic mass is 32.2. The van der Waals surface area contributed by atoms with E-state index in [1.54, 1.807) is 42.5 Å². The third-order valence-corrected chi connectivity index (χ3v) is 6.17. The molecule has 7 heteroatoms. The molecule has 0 amide bonds. The Morgan fingerprint density at radius 3 is 2.43 bits per heavy atom. The Hall–Kier alpha value is -2.51. The summed E-state index contributed by atoms with van der Waals surface area (Å²) in [5, 5.41) is 0. The van der Waals surface area contributed by atoms with Crippen LogP contribution in [-0.4, -0.2) is 33.3 Å². The monoisotopic (exact) mass is 401 g/mol. The number of hydrogen-bond donors (Lipinski definition) is 1. The van der Waals surface area contributed by atoms with Gasteiger partial charge >= 0.3 is 5.97 Å². The molecule has 0 saturated carbocycles. The van der Waals surface area contributed by atoms with Crippen molar-refractivity contribution in [1.82, 2.24) is 4.72 Å². The molecule has 0 unspecified atom stereocenters. The van der Waals surface area contributed by atoms with Crippen LogP contribution in [0.4, 0.5) is 0 Å². The predicted molar refractivity (Wildman–Crippen MR) is 105 cm³/mol. The molecule has 1 N–H and O–H groups in total. The summed E-state index contributed by atoms with van der Waals surface area (Å²) in [6.07, 6.45) is 3.92. The zero-order valence-electron chi connectivity index (χ0n) is 15.5. The number of hydrogen-bond acceptors (Lipinski definition) is 5. The van der Waals surface area contributed by atoms with E-state index in [-0.39, 0.29) is 30.3 Å². The van der Waals surface area contributed by atoms with Gasteiger partial charge in [-0.15, -0.1) is 0 Å². The van der Waals surface area contributed by atoms with Gasteiger partial charge in [0.15, 0.2) is 12.4 Å². The highest BCUT2D eigenvalue weighted by Crippen LogP contribution is 2.24. The summed E-state index contributed by atoms with van der Waals surface area (Å²) in [6.45, 7) is -0.446. The van der Waals surface area contributed by atoms with Crippen molar-refractivity contribution >= 4 is 21.8 Å². The van der Waals surface area contributed by atoms with Crippen LogP contribution >= 0.6 is 0 Å². The fraction of sp³-hybridized carbons (Fsp3) is 0.333. The lowest BCUT2D eigenvalue weighted by Crippen LogP contribution is -2.27. The number of rotatable bonds is 8. The topological polar surface area (TPSA) is 89.5 Å². The molecule has 0 spiro atoms. The fourth-order valence-corrected chi connectivity index (χ4v) is 4.26. The molecular formula is C21H23NO5S. The van der Waals surface area contributed by atoms with Gasteiger partial charge in [-0.25, -0.2) is 13.1 Å².